The summed E-state index contributed by atoms with van der Waals surface area (Å²) in [7, 11) is 0. The summed E-state index contributed by atoms with van der Waals surface area (Å²) in [5.74, 6) is 1.23. The van der Waals surface area contributed by atoms with Crippen LogP contribution < -0.4 is 10.1 Å². The van der Waals surface area contributed by atoms with Crippen molar-refractivity contribution in [2.45, 2.75) is 33.6 Å². The molecule has 4 aromatic rings. The highest BCUT2D eigenvalue weighted by atomic mass is 35.5. The van der Waals surface area contributed by atoms with Gasteiger partial charge in [0.05, 0.1) is 10.7 Å². The van der Waals surface area contributed by atoms with E-state index in [9.17, 15) is 4.79 Å². The second kappa shape index (κ2) is 9.05. The first kappa shape index (κ1) is 21.9. The summed E-state index contributed by atoms with van der Waals surface area (Å²) in [4.78, 5) is 17.1. The molecule has 5 nitrogen and oxygen atoms in total. The molecule has 0 saturated heterocycles. The normalized spacial score (nSPS) is 11.2. The van der Waals surface area contributed by atoms with E-state index in [4.69, 9.17) is 20.8 Å². The molecule has 1 heterocycles. The SMILES string of the molecule is Cc1cc(C)cc(OCC(=O)Nc2cc(-c3nc4cc(C(C)C)ccc4o3)ccc2Cl)c1. The van der Waals surface area contributed by atoms with Gasteiger partial charge < -0.3 is 14.5 Å². The molecule has 0 radical (unpaired) electrons. The van der Waals surface area contributed by atoms with Gasteiger partial charge in [-0.05, 0) is 78.9 Å². The first-order valence-corrected chi connectivity index (χ1v) is 10.9. The largest absolute Gasteiger partial charge is 0.484 e. The van der Waals surface area contributed by atoms with Crippen LogP contribution >= 0.6 is 11.6 Å². The molecule has 1 amide bonds. The van der Waals surface area contributed by atoms with E-state index in [2.05, 4.69) is 24.1 Å². The van der Waals surface area contributed by atoms with E-state index in [0.29, 0.717) is 33.9 Å². The van der Waals surface area contributed by atoms with Crippen LogP contribution in [0.3, 0.4) is 0 Å². The van der Waals surface area contributed by atoms with Gasteiger partial charge in [-0.2, -0.15) is 0 Å². The average molecular weight is 449 g/mol. The molecule has 0 fully saturated rings. The van der Waals surface area contributed by atoms with Crippen molar-refractivity contribution in [2.75, 3.05) is 11.9 Å². The molecule has 4 rings (SSSR count). The van der Waals surface area contributed by atoms with Gasteiger partial charge in [-0.3, -0.25) is 4.79 Å². The van der Waals surface area contributed by atoms with Gasteiger partial charge in [0.25, 0.3) is 5.91 Å². The lowest BCUT2D eigenvalue weighted by Crippen LogP contribution is -2.20. The highest BCUT2D eigenvalue weighted by Gasteiger charge is 2.14. The van der Waals surface area contributed by atoms with Crippen molar-refractivity contribution >= 4 is 34.3 Å². The molecule has 0 bridgehead atoms. The molecule has 164 valence electrons. The Labute approximate surface area is 192 Å². The van der Waals surface area contributed by atoms with Gasteiger partial charge in [-0.15, -0.1) is 0 Å². The van der Waals surface area contributed by atoms with Gasteiger partial charge in [-0.25, -0.2) is 4.98 Å². The third kappa shape index (κ3) is 4.94. The monoisotopic (exact) mass is 448 g/mol. The summed E-state index contributed by atoms with van der Waals surface area (Å²) in [6, 6.07) is 17.1. The zero-order valence-electron chi connectivity index (χ0n) is 18.5. The van der Waals surface area contributed by atoms with E-state index in [1.54, 1.807) is 12.1 Å². The van der Waals surface area contributed by atoms with Crippen LogP contribution in [0.1, 0.15) is 36.5 Å². The molecule has 6 heteroatoms. The third-order valence-electron chi connectivity index (χ3n) is 5.13. The maximum absolute atomic E-state index is 12.5. The Morgan fingerprint density at radius 3 is 2.53 bits per heavy atom. The number of fused-ring (bicyclic) bond motifs is 1. The number of aryl methyl sites for hydroxylation is 2. The van der Waals surface area contributed by atoms with Crippen molar-refractivity contribution in [1.82, 2.24) is 4.98 Å². The van der Waals surface area contributed by atoms with Crippen LogP contribution in [0.5, 0.6) is 5.75 Å². The van der Waals surface area contributed by atoms with Gasteiger partial charge in [0.1, 0.15) is 11.3 Å². The van der Waals surface area contributed by atoms with Gasteiger partial charge in [-0.1, -0.05) is 37.6 Å². The van der Waals surface area contributed by atoms with Crippen molar-refractivity contribution in [3.8, 4) is 17.2 Å². The molecule has 3 aromatic carbocycles. The number of aromatic nitrogens is 1. The van der Waals surface area contributed by atoms with E-state index >= 15 is 0 Å². The lowest BCUT2D eigenvalue weighted by Gasteiger charge is -2.10. The molecule has 0 aliphatic heterocycles. The maximum atomic E-state index is 12.5. The predicted octanol–water partition coefficient (Wildman–Crippen LogP) is 6.91. The number of halogens is 1. The number of oxazole rings is 1. The zero-order chi connectivity index (χ0) is 22.8. The number of rotatable bonds is 6. The minimum absolute atomic E-state index is 0.121. The summed E-state index contributed by atoms with van der Waals surface area (Å²) in [5.41, 5.74) is 6.07. The second-order valence-electron chi connectivity index (χ2n) is 8.26. The van der Waals surface area contributed by atoms with Gasteiger partial charge in [0.2, 0.25) is 5.89 Å². The first-order valence-electron chi connectivity index (χ1n) is 10.5. The predicted molar refractivity (Wildman–Crippen MR) is 129 cm³/mol. The van der Waals surface area contributed by atoms with Crippen LogP contribution in [0.2, 0.25) is 5.02 Å². The van der Waals surface area contributed by atoms with Crippen molar-refractivity contribution in [3.63, 3.8) is 0 Å². The topological polar surface area (TPSA) is 64.4 Å². The minimum atomic E-state index is -0.303. The number of ether oxygens (including phenoxy) is 1. The zero-order valence-corrected chi connectivity index (χ0v) is 19.3. The smallest absolute Gasteiger partial charge is 0.262 e. The van der Waals surface area contributed by atoms with E-state index in [1.165, 1.54) is 5.56 Å². The number of anilines is 1. The van der Waals surface area contributed by atoms with Crippen LogP contribution in [0, 0.1) is 13.8 Å². The van der Waals surface area contributed by atoms with Gasteiger partial charge in [0.15, 0.2) is 12.2 Å². The maximum Gasteiger partial charge on any atom is 0.262 e. The summed E-state index contributed by atoms with van der Waals surface area (Å²) < 4.78 is 11.6. The highest BCUT2D eigenvalue weighted by Crippen LogP contribution is 2.31. The molecule has 0 atom stereocenters. The molecule has 0 spiro atoms. The molecule has 0 aliphatic rings. The molecular weight excluding hydrogens is 424 g/mol. The van der Waals surface area contributed by atoms with Crippen LogP contribution in [0.4, 0.5) is 5.69 Å². The Morgan fingerprint density at radius 2 is 1.81 bits per heavy atom. The Balaban J connectivity index is 1.51. The molecule has 0 unspecified atom stereocenters. The number of carbonyl (C=O) groups is 1. The van der Waals surface area contributed by atoms with Crippen LogP contribution in [0.15, 0.2) is 59.0 Å². The Hall–Kier alpha value is -3.31. The Kier molecular flexibility index (Phi) is 6.19. The van der Waals surface area contributed by atoms with Crippen LogP contribution in [0.25, 0.3) is 22.6 Å². The third-order valence-corrected chi connectivity index (χ3v) is 5.46. The number of benzene rings is 3. The average Bonchev–Trinajstić information content (AvgIpc) is 3.16. The Morgan fingerprint density at radius 1 is 1.06 bits per heavy atom. The van der Waals surface area contributed by atoms with Gasteiger partial charge >= 0.3 is 0 Å². The van der Waals surface area contributed by atoms with Crippen LogP contribution in [-0.2, 0) is 4.79 Å². The second-order valence-corrected chi connectivity index (χ2v) is 8.66. The summed E-state index contributed by atoms with van der Waals surface area (Å²) in [6.07, 6.45) is 0. The summed E-state index contributed by atoms with van der Waals surface area (Å²) in [6.45, 7) is 8.13. The number of amides is 1. The number of hydrogen-bond acceptors (Lipinski definition) is 4. The summed E-state index contributed by atoms with van der Waals surface area (Å²) >= 11 is 6.31. The van der Waals surface area contributed by atoms with E-state index in [1.807, 2.05) is 56.3 Å². The van der Waals surface area contributed by atoms with E-state index in [-0.39, 0.29) is 12.5 Å². The lowest BCUT2D eigenvalue weighted by molar-refractivity contribution is -0.118. The number of hydrogen-bond donors (Lipinski definition) is 1. The number of carbonyl (C=O) groups excluding carboxylic acids is 1. The Bertz CT molecular complexity index is 1270. The number of nitrogens with one attached hydrogen (secondary N) is 1. The fraction of sp³-hybridized carbons (Fsp3) is 0.231. The highest BCUT2D eigenvalue weighted by molar-refractivity contribution is 6.33. The fourth-order valence-corrected chi connectivity index (χ4v) is 3.70. The van der Waals surface area contributed by atoms with Gasteiger partial charge in [0, 0.05) is 5.56 Å². The number of nitrogens with zero attached hydrogens (tertiary/aromatic N) is 1. The van der Waals surface area contributed by atoms with Crippen molar-refractivity contribution in [3.05, 3.63) is 76.3 Å². The van der Waals surface area contributed by atoms with Crippen LogP contribution in [-0.4, -0.2) is 17.5 Å². The minimum Gasteiger partial charge on any atom is -0.484 e. The molecule has 1 N–H and O–H groups in total. The molecule has 0 saturated carbocycles. The first-order chi connectivity index (χ1) is 15.3. The lowest BCUT2D eigenvalue weighted by atomic mass is 10.0. The van der Waals surface area contributed by atoms with Crippen molar-refractivity contribution in [2.24, 2.45) is 0 Å². The quantitative estimate of drug-likeness (QED) is 0.348. The molecule has 32 heavy (non-hydrogen) atoms. The molecular formula is C26H25ClN2O3. The van der Waals surface area contributed by atoms with E-state index in [0.717, 1.165) is 22.2 Å². The summed E-state index contributed by atoms with van der Waals surface area (Å²) in [5, 5.41) is 3.24. The fourth-order valence-electron chi connectivity index (χ4n) is 3.53. The molecule has 0 aliphatic carbocycles. The van der Waals surface area contributed by atoms with Crippen molar-refractivity contribution < 1.29 is 13.9 Å². The van der Waals surface area contributed by atoms with Crippen molar-refractivity contribution in [1.29, 1.82) is 0 Å². The van der Waals surface area contributed by atoms with E-state index < -0.39 is 0 Å². The standard InChI is InChI=1S/C26H25ClN2O3/c1-15(2)18-6-8-24-23(12-18)29-26(32-24)19-5-7-21(27)22(13-19)28-25(30)14-31-20-10-16(3)9-17(4)11-20/h5-13,15H,14H2,1-4H3,(H,28,30). The molecule has 1 aromatic heterocycles.